The molecule has 1 fully saturated rings. The number of hydrogen-bond donors (Lipinski definition) is 2. The molecule has 0 radical (unpaired) electrons. The van der Waals surface area contributed by atoms with Crippen molar-refractivity contribution in [2.75, 3.05) is 14.1 Å². The van der Waals surface area contributed by atoms with Crippen LogP contribution in [0.5, 0.6) is 0 Å². The maximum Gasteiger partial charge on any atom is 0.317 e. The SMILES string of the molecule is CNC(=O)N(C)C1CCCCC1O. The number of aliphatic hydroxyl groups excluding tert-OH is 1. The van der Waals surface area contributed by atoms with Gasteiger partial charge in [0.1, 0.15) is 0 Å². The van der Waals surface area contributed by atoms with Gasteiger partial charge in [-0.1, -0.05) is 12.8 Å². The third-order valence-corrected chi connectivity index (χ3v) is 2.73. The van der Waals surface area contributed by atoms with Crippen molar-refractivity contribution in [1.29, 1.82) is 0 Å². The van der Waals surface area contributed by atoms with E-state index in [1.165, 1.54) is 0 Å². The largest absolute Gasteiger partial charge is 0.391 e. The minimum Gasteiger partial charge on any atom is -0.391 e. The topological polar surface area (TPSA) is 52.6 Å². The number of nitrogens with zero attached hydrogens (tertiary/aromatic N) is 1. The highest BCUT2D eigenvalue weighted by Crippen LogP contribution is 2.22. The highest BCUT2D eigenvalue weighted by atomic mass is 16.3. The van der Waals surface area contributed by atoms with E-state index in [0.717, 1.165) is 25.7 Å². The van der Waals surface area contributed by atoms with Crippen molar-refractivity contribution >= 4 is 6.03 Å². The van der Waals surface area contributed by atoms with Crippen molar-refractivity contribution < 1.29 is 9.90 Å². The average Bonchev–Trinajstić information content (AvgIpc) is 2.16. The van der Waals surface area contributed by atoms with Crippen LogP contribution in [0.25, 0.3) is 0 Å². The Morgan fingerprint density at radius 2 is 2.08 bits per heavy atom. The Hall–Kier alpha value is -0.770. The van der Waals surface area contributed by atoms with Crippen molar-refractivity contribution in [2.45, 2.75) is 37.8 Å². The van der Waals surface area contributed by atoms with Crippen LogP contribution in [0.3, 0.4) is 0 Å². The van der Waals surface area contributed by atoms with E-state index < -0.39 is 0 Å². The summed E-state index contributed by atoms with van der Waals surface area (Å²) in [6.07, 6.45) is 3.54. The Balaban J connectivity index is 2.53. The molecule has 0 saturated heterocycles. The Labute approximate surface area is 78.9 Å². The lowest BCUT2D eigenvalue weighted by molar-refractivity contribution is 0.0469. The molecule has 1 aliphatic carbocycles. The minimum absolute atomic E-state index is 0.00583. The van der Waals surface area contributed by atoms with E-state index in [4.69, 9.17) is 0 Å². The summed E-state index contributed by atoms with van der Waals surface area (Å²) >= 11 is 0. The van der Waals surface area contributed by atoms with Crippen molar-refractivity contribution in [3.05, 3.63) is 0 Å². The van der Waals surface area contributed by atoms with Gasteiger partial charge in [-0.25, -0.2) is 4.79 Å². The van der Waals surface area contributed by atoms with Crippen LogP contribution in [-0.4, -0.2) is 42.3 Å². The molecular formula is C9H18N2O2. The Morgan fingerprint density at radius 3 is 2.62 bits per heavy atom. The van der Waals surface area contributed by atoms with Gasteiger partial charge in [0.2, 0.25) is 0 Å². The maximum atomic E-state index is 11.3. The predicted molar refractivity (Wildman–Crippen MR) is 50.5 cm³/mol. The van der Waals surface area contributed by atoms with E-state index in [1.54, 1.807) is 19.0 Å². The third-order valence-electron chi connectivity index (χ3n) is 2.73. The molecule has 0 aromatic carbocycles. The smallest absolute Gasteiger partial charge is 0.317 e. The molecule has 4 heteroatoms. The third kappa shape index (κ3) is 2.34. The number of nitrogens with one attached hydrogen (secondary N) is 1. The van der Waals surface area contributed by atoms with Gasteiger partial charge in [-0.05, 0) is 12.8 Å². The fraction of sp³-hybridized carbons (Fsp3) is 0.889. The lowest BCUT2D eigenvalue weighted by Gasteiger charge is -2.34. The number of aliphatic hydroxyl groups is 1. The van der Waals surface area contributed by atoms with Gasteiger partial charge in [0.25, 0.3) is 0 Å². The second kappa shape index (κ2) is 4.46. The van der Waals surface area contributed by atoms with Crippen LogP contribution in [-0.2, 0) is 0 Å². The van der Waals surface area contributed by atoms with Crippen molar-refractivity contribution in [1.82, 2.24) is 10.2 Å². The molecule has 0 aromatic rings. The maximum absolute atomic E-state index is 11.3. The number of urea groups is 1. The fourth-order valence-electron chi connectivity index (χ4n) is 1.87. The Morgan fingerprint density at radius 1 is 1.46 bits per heavy atom. The van der Waals surface area contributed by atoms with Gasteiger partial charge in [-0.3, -0.25) is 0 Å². The molecule has 0 heterocycles. The second-order valence-electron chi connectivity index (χ2n) is 3.59. The monoisotopic (exact) mass is 186 g/mol. The minimum atomic E-state index is -0.351. The van der Waals surface area contributed by atoms with Gasteiger partial charge in [0.05, 0.1) is 12.1 Å². The lowest BCUT2D eigenvalue weighted by Crippen LogP contribution is -2.49. The first-order chi connectivity index (χ1) is 6.16. The molecule has 1 aliphatic rings. The number of rotatable bonds is 1. The number of carbonyl (C=O) groups is 1. The average molecular weight is 186 g/mol. The normalized spacial score (nSPS) is 28.2. The van der Waals surface area contributed by atoms with Crippen molar-refractivity contribution in [3.63, 3.8) is 0 Å². The van der Waals surface area contributed by atoms with Gasteiger partial charge in [-0.15, -0.1) is 0 Å². The van der Waals surface area contributed by atoms with E-state index in [9.17, 15) is 9.90 Å². The summed E-state index contributed by atoms with van der Waals surface area (Å²) in [6, 6.07) is -0.125. The number of likely N-dealkylation sites (N-methyl/N-ethyl adjacent to an activating group) is 1. The summed E-state index contributed by atoms with van der Waals surface area (Å²) in [6.45, 7) is 0. The highest BCUT2D eigenvalue weighted by molar-refractivity contribution is 5.73. The standard InChI is InChI=1S/C9H18N2O2/c1-10-9(13)11(2)7-5-3-4-6-8(7)12/h7-8,12H,3-6H2,1-2H3,(H,10,13). The molecule has 2 unspecified atom stereocenters. The van der Waals surface area contributed by atoms with Gasteiger partial charge >= 0.3 is 6.03 Å². The molecule has 0 aliphatic heterocycles. The summed E-state index contributed by atoms with van der Waals surface area (Å²) < 4.78 is 0. The number of hydrogen-bond acceptors (Lipinski definition) is 2. The summed E-state index contributed by atoms with van der Waals surface area (Å²) in [5.41, 5.74) is 0. The number of amides is 2. The van der Waals surface area contributed by atoms with Crippen LogP contribution in [0.1, 0.15) is 25.7 Å². The quantitative estimate of drug-likeness (QED) is 0.628. The molecule has 0 bridgehead atoms. The summed E-state index contributed by atoms with van der Waals surface area (Å²) in [7, 11) is 3.34. The first kappa shape index (κ1) is 10.3. The molecule has 4 nitrogen and oxygen atoms in total. The zero-order valence-corrected chi connectivity index (χ0v) is 8.29. The first-order valence-corrected chi connectivity index (χ1v) is 4.79. The molecule has 1 saturated carbocycles. The van der Waals surface area contributed by atoms with Crippen LogP contribution < -0.4 is 5.32 Å². The summed E-state index contributed by atoms with van der Waals surface area (Å²) in [4.78, 5) is 12.9. The Kier molecular flexibility index (Phi) is 3.54. The molecule has 0 spiro atoms. The second-order valence-corrected chi connectivity index (χ2v) is 3.59. The molecule has 2 N–H and O–H groups in total. The fourth-order valence-corrected chi connectivity index (χ4v) is 1.87. The predicted octanol–water partition coefficient (Wildman–Crippen LogP) is 0.561. The lowest BCUT2D eigenvalue weighted by atomic mass is 9.92. The zero-order chi connectivity index (χ0) is 9.84. The summed E-state index contributed by atoms with van der Waals surface area (Å²) in [5, 5.41) is 12.2. The van der Waals surface area contributed by atoms with Crippen LogP contribution in [0.4, 0.5) is 4.79 Å². The van der Waals surface area contributed by atoms with Crippen LogP contribution >= 0.6 is 0 Å². The molecule has 0 aromatic heterocycles. The van der Waals surface area contributed by atoms with Gasteiger partial charge in [0.15, 0.2) is 0 Å². The van der Waals surface area contributed by atoms with Gasteiger partial charge < -0.3 is 15.3 Å². The van der Waals surface area contributed by atoms with Crippen molar-refractivity contribution in [2.24, 2.45) is 0 Å². The van der Waals surface area contributed by atoms with E-state index in [-0.39, 0.29) is 18.2 Å². The van der Waals surface area contributed by atoms with E-state index in [2.05, 4.69) is 5.32 Å². The highest BCUT2D eigenvalue weighted by Gasteiger charge is 2.28. The van der Waals surface area contributed by atoms with E-state index in [0.29, 0.717) is 0 Å². The van der Waals surface area contributed by atoms with Gasteiger partial charge in [-0.2, -0.15) is 0 Å². The van der Waals surface area contributed by atoms with E-state index >= 15 is 0 Å². The molecule has 1 rings (SSSR count). The van der Waals surface area contributed by atoms with Crippen LogP contribution in [0.2, 0.25) is 0 Å². The van der Waals surface area contributed by atoms with Crippen LogP contribution in [0.15, 0.2) is 0 Å². The zero-order valence-electron chi connectivity index (χ0n) is 8.29. The van der Waals surface area contributed by atoms with Crippen LogP contribution in [0, 0.1) is 0 Å². The Bertz CT molecular complexity index is 184. The van der Waals surface area contributed by atoms with E-state index in [1.807, 2.05) is 0 Å². The molecule has 2 atom stereocenters. The molecular weight excluding hydrogens is 168 g/mol. The first-order valence-electron chi connectivity index (χ1n) is 4.79. The van der Waals surface area contributed by atoms with Gasteiger partial charge in [0, 0.05) is 14.1 Å². The summed E-state index contributed by atoms with van der Waals surface area (Å²) in [5.74, 6) is 0. The molecule has 76 valence electrons. The van der Waals surface area contributed by atoms with Crippen molar-refractivity contribution in [3.8, 4) is 0 Å². The molecule has 13 heavy (non-hydrogen) atoms. The number of carbonyl (C=O) groups excluding carboxylic acids is 1. The molecule has 2 amide bonds.